The molecule has 2 atom stereocenters. The molecule has 0 radical (unpaired) electrons. The topological polar surface area (TPSA) is 46.5 Å². The summed E-state index contributed by atoms with van der Waals surface area (Å²) in [6.45, 7) is 4.96. The lowest BCUT2D eigenvalue weighted by Crippen LogP contribution is -2.39. The molecule has 5 heteroatoms. The molecule has 0 aromatic heterocycles. The van der Waals surface area contributed by atoms with Crippen LogP contribution in [-0.4, -0.2) is 17.7 Å². The molecule has 0 saturated carbocycles. The molecule has 1 rings (SSSR count). The Bertz CT molecular complexity index is 472. The SMILES string of the molecule is CCCC(C(=O)OCC)C(C)(O)c1cccc(F)c1F. The molecule has 3 nitrogen and oxygen atoms in total. The number of ether oxygens (including phenoxy) is 1. The maximum atomic E-state index is 13.9. The number of carbonyl (C=O) groups is 1. The van der Waals surface area contributed by atoms with Crippen LogP contribution in [0.2, 0.25) is 0 Å². The number of esters is 1. The van der Waals surface area contributed by atoms with Crippen molar-refractivity contribution >= 4 is 5.97 Å². The number of aliphatic hydroxyl groups is 1. The first-order valence-electron chi connectivity index (χ1n) is 6.69. The quantitative estimate of drug-likeness (QED) is 0.817. The second-order valence-electron chi connectivity index (χ2n) is 4.84. The van der Waals surface area contributed by atoms with Gasteiger partial charge in [-0.05, 0) is 26.3 Å². The van der Waals surface area contributed by atoms with Gasteiger partial charge in [-0.1, -0.05) is 25.5 Å². The number of halogens is 2. The van der Waals surface area contributed by atoms with Crippen LogP contribution in [0, 0.1) is 17.6 Å². The maximum absolute atomic E-state index is 13.9. The molecule has 0 bridgehead atoms. The van der Waals surface area contributed by atoms with Gasteiger partial charge in [-0.25, -0.2) is 8.78 Å². The van der Waals surface area contributed by atoms with Crippen LogP contribution < -0.4 is 0 Å². The molecule has 0 amide bonds. The summed E-state index contributed by atoms with van der Waals surface area (Å²) in [5, 5.41) is 10.6. The fourth-order valence-electron chi connectivity index (χ4n) is 2.24. The van der Waals surface area contributed by atoms with E-state index in [2.05, 4.69) is 0 Å². The van der Waals surface area contributed by atoms with Gasteiger partial charge in [-0.2, -0.15) is 0 Å². The minimum absolute atomic E-state index is 0.167. The average molecular weight is 286 g/mol. The molecular weight excluding hydrogens is 266 g/mol. The molecule has 0 fully saturated rings. The summed E-state index contributed by atoms with van der Waals surface area (Å²) in [5.41, 5.74) is -2.06. The molecule has 0 aliphatic heterocycles. The van der Waals surface area contributed by atoms with Gasteiger partial charge in [0.15, 0.2) is 11.6 Å². The first kappa shape index (κ1) is 16.6. The summed E-state index contributed by atoms with van der Waals surface area (Å²) in [6.07, 6.45) is 0.929. The van der Waals surface area contributed by atoms with Crippen molar-refractivity contribution in [2.75, 3.05) is 6.61 Å². The Kier molecular flexibility index (Phi) is 5.62. The standard InChI is InChI=1S/C15H20F2O3/c1-4-7-11(14(18)20-5-2)15(3,19)10-8-6-9-12(16)13(10)17/h6,8-9,11,19H,4-5,7H2,1-3H3. The molecule has 0 spiro atoms. The van der Waals surface area contributed by atoms with Crippen LogP contribution in [0.15, 0.2) is 18.2 Å². The normalized spacial score (nSPS) is 15.5. The third-order valence-corrected chi connectivity index (χ3v) is 3.32. The van der Waals surface area contributed by atoms with E-state index in [-0.39, 0.29) is 12.2 Å². The Hall–Kier alpha value is -1.49. The zero-order chi connectivity index (χ0) is 15.3. The van der Waals surface area contributed by atoms with E-state index in [0.717, 1.165) is 6.07 Å². The van der Waals surface area contributed by atoms with Gasteiger partial charge >= 0.3 is 5.97 Å². The highest BCUT2D eigenvalue weighted by molar-refractivity contribution is 5.74. The van der Waals surface area contributed by atoms with Crippen molar-refractivity contribution < 1.29 is 23.4 Å². The maximum Gasteiger partial charge on any atom is 0.312 e. The monoisotopic (exact) mass is 286 g/mol. The molecule has 112 valence electrons. The lowest BCUT2D eigenvalue weighted by molar-refractivity contribution is -0.159. The van der Waals surface area contributed by atoms with Gasteiger partial charge in [-0.15, -0.1) is 0 Å². The Labute approximate surface area is 117 Å². The summed E-state index contributed by atoms with van der Waals surface area (Å²) in [6, 6.07) is 3.55. The first-order chi connectivity index (χ1) is 9.36. The van der Waals surface area contributed by atoms with Gasteiger partial charge in [0.2, 0.25) is 0 Å². The molecule has 0 aliphatic carbocycles. The van der Waals surface area contributed by atoms with Crippen molar-refractivity contribution in [2.24, 2.45) is 5.92 Å². The third kappa shape index (κ3) is 3.33. The molecule has 20 heavy (non-hydrogen) atoms. The highest BCUT2D eigenvalue weighted by Crippen LogP contribution is 2.35. The van der Waals surface area contributed by atoms with Gasteiger partial charge in [-0.3, -0.25) is 4.79 Å². The average Bonchev–Trinajstić information content (AvgIpc) is 2.38. The van der Waals surface area contributed by atoms with Gasteiger partial charge in [0.1, 0.15) is 5.60 Å². The second-order valence-corrected chi connectivity index (χ2v) is 4.84. The van der Waals surface area contributed by atoms with E-state index >= 15 is 0 Å². The van der Waals surface area contributed by atoms with Gasteiger partial charge in [0.25, 0.3) is 0 Å². The molecule has 0 saturated heterocycles. The molecule has 2 unspecified atom stereocenters. The Morgan fingerprint density at radius 3 is 2.60 bits per heavy atom. The number of rotatable bonds is 6. The zero-order valence-electron chi connectivity index (χ0n) is 12.0. The lowest BCUT2D eigenvalue weighted by atomic mass is 9.80. The van der Waals surface area contributed by atoms with Gasteiger partial charge < -0.3 is 9.84 Å². The van der Waals surface area contributed by atoms with Crippen molar-refractivity contribution in [3.8, 4) is 0 Å². The van der Waals surface area contributed by atoms with Crippen molar-refractivity contribution in [2.45, 2.75) is 39.2 Å². The summed E-state index contributed by atoms with van der Waals surface area (Å²) in [5.74, 6) is -3.74. The van der Waals surface area contributed by atoms with Crippen LogP contribution in [0.1, 0.15) is 39.2 Å². The first-order valence-corrected chi connectivity index (χ1v) is 6.69. The zero-order valence-corrected chi connectivity index (χ0v) is 12.0. The lowest BCUT2D eigenvalue weighted by Gasteiger charge is -2.32. The van der Waals surface area contributed by atoms with E-state index in [1.54, 1.807) is 6.92 Å². The molecule has 0 heterocycles. The minimum Gasteiger partial charge on any atom is -0.466 e. The number of carbonyl (C=O) groups excluding carboxylic acids is 1. The van der Waals surface area contributed by atoms with Gasteiger partial charge in [0.05, 0.1) is 12.5 Å². The van der Waals surface area contributed by atoms with Crippen molar-refractivity contribution in [1.82, 2.24) is 0 Å². The second kappa shape index (κ2) is 6.79. The van der Waals surface area contributed by atoms with Crippen LogP contribution >= 0.6 is 0 Å². The smallest absolute Gasteiger partial charge is 0.312 e. The summed E-state index contributed by atoms with van der Waals surface area (Å²) >= 11 is 0. The van der Waals surface area contributed by atoms with E-state index in [4.69, 9.17) is 4.74 Å². The molecule has 0 aliphatic rings. The largest absolute Gasteiger partial charge is 0.466 e. The third-order valence-electron chi connectivity index (χ3n) is 3.32. The van der Waals surface area contributed by atoms with Crippen molar-refractivity contribution in [3.05, 3.63) is 35.4 Å². The Morgan fingerprint density at radius 2 is 2.05 bits per heavy atom. The number of hydrogen-bond acceptors (Lipinski definition) is 3. The van der Waals surface area contributed by atoms with E-state index in [0.29, 0.717) is 12.8 Å². The van der Waals surface area contributed by atoms with Crippen molar-refractivity contribution in [3.63, 3.8) is 0 Å². The molecular formula is C15H20F2O3. The predicted octanol–water partition coefficient (Wildman–Crippen LogP) is 3.15. The Balaban J connectivity index is 3.21. The van der Waals surface area contributed by atoms with E-state index in [9.17, 15) is 18.7 Å². The Morgan fingerprint density at radius 1 is 1.40 bits per heavy atom. The van der Waals surface area contributed by atoms with Crippen molar-refractivity contribution in [1.29, 1.82) is 0 Å². The van der Waals surface area contributed by atoms with Crippen LogP contribution in [0.3, 0.4) is 0 Å². The molecule has 1 aromatic carbocycles. The number of benzene rings is 1. The summed E-state index contributed by atoms with van der Waals surface area (Å²) in [7, 11) is 0. The molecule has 1 N–H and O–H groups in total. The van der Waals surface area contributed by atoms with E-state index < -0.39 is 29.1 Å². The number of hydrogen-bond donors (Lipinski definition) is 1. The highest BCUT2D eigenvalue weighted by atomic mass is 19.2. The van der Waals surface area contributed by atoms with E-state index in [1.165, 1.54) is 19.1 Å². The van der Waals surface area contributed by atoms with Crippen LogP contribution in [0.5, 0.6) is 0 Å². The van der Waals surface area contributed by atoms with Crippen LogP contribution in [0.4, 0.5) is 8.78 Å². The van der Waals surface area contributed by atoms with Crippen LogP contribution in [-0.2, 0) is 15.1 Å². The molecule has 1 aromatic rings. The summed E-state index contributed by atoms with van der Waals surface area (Å²) < 4.78 is 32.1. The fraction of sp³-hybridized carbons (Fsp3) is 0.533. The highest BCUT2D eigenvalue weighted by Gasteiger charge is 2.41. The predicted molar refractivity (Wildman–Crippen MR) is 71.0 cm³/mol. The summed E-state index contributed by atoms with van der Waals surface area (Å²) in [4.78, 5) is 12.0. The van der Waals surface area contributed by atoms with E-state index in [1.807, 2.05) is 6.92 Å². The minimum atomic E-state index is -1.82. The van der Waals surface area contributed by atoms with Crippen LogP contribution in [0.25, 0.3) is 0 Å². The van der Waals surface area contributed by atoms with Gasteiger partial charge in [0, 0.05) is 5.56 Å². The fourth-order valence-corrected chi connectivity index (χ4v) is 2.24.